The van der Waals surface area contributed by atoms with Crippen molar-refractivity contribution in [3.05, 3.63) is 53.1 Å². The molecule has 6 nitrogen and oxygen atoms in total. The molecule has 0 saturated carbocycles. The van der Waals surface area contributed by atoms with E-state index in [0.717, 1.165) is 0 Å². The quantitative estimate of drug-likeness (QED) is 0.745. The number of benzene rings is 2. The van der Waals surface area contributed by atoms with Crippen LogP contribution >= 0.6 is 11.6 Å². The number of hydrogen-bond donors (Lipinski definition) is 2. The lowest BCUT2D eigenvalue weighted by molar-refractivity contribution is -0.118. The number of ether oxygens (including phenoxy) is 1. The molecule has 0 saturated heterocycles. The van der Waals surface area contributed by atoms with Gasteiger partial charge in [-0.25, -0.2) is 8.42 Å². The molecule has 0 aromatic heterocycles. The zero-order valence-corrected chi connectivity index (χ0v) is 16.3. The van der Waals surface area contributed by atoms with Crippen LogP contribution in [-0.4, -0.2) is 27.5 Å². The molecule has 0 radical (unpaired) electrons. The number of anilines is 2. The summed E-state index contributed by atoms with van der Waals surface area (Å²) in [5, 5.41) is 2.98. The molecule has 1 amide bonds. The van der Waals surface area contributed by atoms with Gasteiger partial charge in [-0.1, -0.05) is 29.8 Å². The van der Waals surface area contributed by atoms with Gasteiger partial charge in [0.15, 0.2) is 0 Å². The minimum atomic E-state index is -3.86. The fourth-order valence-electron chi connectivity index (χ4n) is 2.27. The molecule has 2 N–H and O–H groups in total. The number of sulfonamides is 1. The van der Waals surface area contributed by atoms with Crippen LogP contribution in [0.15, 0.2) is 47.4 Å². The number of halogens is 1. The number of aryl methyl sites for hydroxylation is 1. The smallest absolute Gasteiger partial charge is 0.262 e. The van der Waals surface area contributed by atoms with E-state index < -0.39 is 10.0 Å². The fourth-order valence-corrected chi connectivity index (χ4v) is 3.86. The molecule has 0 aliphatic rings. The SMILES string of the molecule is COC(C)CC(=O)Nc1ccc(C)c(S(=O)(=O)Nc2ccccc2Cl)c1. The highest BCUT2D eigenvalue weighted by Crippen LogP contribution is 2.26. The standard InChI is InChI=1S/C18H21ClN2O4S/c1-12-8-9-14(20-18(22)10-13(2)25-3)11-17(12)26(23,24)21-16-7-5-4-6-15(16)19/h4-9,11,13,21H,10H2,1-3H3,(H,20,22). The monoisotopic (exact) mass is 396 g/mol. The first-order valence-corrected chi connectivity index (χ1v) is 9.79. The van der Waals surface area contributed by atoms with Crippen LogP contribution in [0.1, 0.15) is 18.9 Å². The van der Waals surface area contributed by atoms with E-state index in [4.69, 9.17) is 16.3 Å². The number of para-hydroxylation sites is 1. The van der Waals surface area contributed by atoms with Gasteiger partial charge in [0, 0.05) is 12.8 Å². The first-order chi connectivity index (χ1) is 12.2. The molecule has 0 fully saturated rings. The van der Waals surface area contributed by atoms with Crippen molar-refractivity contribution in [2.45, 2.75) is 31.3 Å². The molecule has 2 aromatic carbocycles. The maximum Gasteiger partial charge on any atom is 0.262 e. The van der Waals surface area contributed by atoms with Gasteiger partial charge in [0.25, 0.3) is 10.0 Å². The van der Waals surface area contributed by atoms with Crippen molar-refractivity contribution in [3.8, 4) is 0 Å². The van der Waals surface area contributed by atoms with Gasteiger partial charge in [-0.15, -0.1) is 0 Å². The van der Waals surface area contributed by atoms with E-state index in [1.807, 2.05) is 0 Å². The molecule has 26 heavy (non-hydrogen) atoms. The number of nitrogens with one attached hydrogen (secondary N) is 2. The second-order valence-corrected chi connectivity index (χ2v) is 7.92. The fraction of sp³-hybridized carbons (Fsp3) is 0.278. The first kappa shape index (κ1) is 20.2. The largest absolute Gasteiger partial charge is 0.381 e. The summed E-state index contributed by atoms with van der Waals surface area (Å²) in [7, 11) is -2.34. The first-order valence-electron chi connectivity index (χ1n) is 7.93. The highest BCUT2D eigenvalue weighted by atomic mass is 35.5. The van der Waals surface area contributed by atoms with Crippen LogP contribution in [0, 0.1) is 6.92 Å². The Bertz CT molecular complexity index is 900. The van der Waals surface area contributed by atoms with Crippen molar-refractivity contribution in [1.82, 2.24) is 0 Å². The molecular formula is C18H21ClN2O4S. The minimum absolute atomic E-state index is 0.0648. The van der Waals surface area contributed by atoms with E-state index in [0.29, 0.717) is 16.3 Å². The van der Waals surface area contributed by atoms with Gasteiger partial charge < -0.3 is 10.1 Å². The normalized spacial score (nSPS) is 12.5. The number of methoxy groups -OCH3 is 1. The average Bonchev–Trinajstić information content (AvgIpc) is 2.58. The predicted octanol–water partition coefficient (Wildman–Crippen LogP) is 3.81. The Balaban J connectivity index is 2.26. The Labute approximate surface area is 158 Å². The molecule has 0 spiro atoms. The van der Waals surface area contributed by atoms with Crippen LogP contribution < -0.4 is 10.0 Å². The number of carbonyl (C=O) groups excluding carboxylic acids is 1. The second-order valence-electron chi connectivity index (χ2n) is 5.86. The molecule has 2 rings (SSSR count). The third kappa shape index (κ3) is 5.20. The summed E-state index contributed by atoms with van der Waals surface area (Å²) in [6.45, 7) is 3.46. The van der Waals surface area contributed by atoms with Crippen molar-refractivity contribution in [1.29, 1.82) is 0 Å². The van der Waals surface area contributed by atoms with Gasteiger partial charge in [-0.2, -0.15) is 0 Å². The van der Waals surface area contributed by atoms with Crippen molar-refractivity contribution in [3.63, 3.8) is 0 Å². The van der Waals surface area contributed by atoms with Gasteiger partial charge in [0.2, 0.25) is 5.91 Å². The van der Waals surface area contributed by atoms with E-state index in [9.17, 15) is 13.2 Å². The lowest BCUT2D eigenvalue weighted by Crippen LogP contribution is -2.20. The lowest BCUT2D eigenvalue weighted by atomic mass is 10.2. The molecular weight excluding hydrogens is 376 g/mol. The van der Waals surface area contributed by atoms with E-state index >= 15 is 0 Å². The van der Waals surface area contributed by atoms with Crippen LogP contribution in [0.25, 0.3) is 0 Å². The Morgan fingerprint density at radius 3 is 2.58 bits per heavy atom. The van der Waals surface area contributed by atoms with Gasteiger partial charge in [-0.3, -0.25) is 9.52 Å². The number of amides is 1. The maximum atomic E-state index is 12.7. The second kappa shape index (κ2) is 8.53. The van der Waals surface area contributed by atoms with Crippen molar-refractivity contribution in [2.75, 3.05) is 17.1 Å². The topological polar surface area (TPSA) is 84.5 Å². The Hall–Kier alpha value is -2.09. The Kier molecular flexibility index (Phi) is 6.63. The third-order valence-corrected chi connectivity index (χ3v) is 5.59. The van der Waals surface area contributed by atoms with E-state index in [-0.39, 0.29) is 29.0 Å². The minimum Gasteiger partial charge on any atom is -0.381 e. The summed E-state index contributed by atoms with van der Waals surface area (Å²) in [5.41, 5.74) is 1.23. The summed E-state index contributed by atoms with van der Waals surface area (Å²) in [4.78, 5) is 12.1. The van der Waals surface area contributed by atoms with Crippen LogP contribution in [0.4, 0.5) is 11.4 Å². The average molecular weight is 397 g/mol. The van der Waals surface area contributed by atoms with Crippen LogP contribution in [0.3, 0.4) is 0 Å². The Morgan fingerprint density at radius 1 is 1.23 bits per heavy atom. The summed E-state index contributed by atoms with van der Waals surface area (Å²) in [6.07, 6.45) is -0.0600. The highest BCUT2D eigenvalue weighted by molar-refractivity contribution is 7.92. The van der Waals surface area contributed by atoms with Crippen molar-refractivity contribution < 1.29 is 17.9 Å². The molecule has 1 unspecified atom stereocenters. The molecule has 0 aliphatic carbocycles. The van der Waals surface area contributed by atoms with Crippen LogP contribution in [-0.2, 0) is 19.6 Å². The molecule has 8 heteroatoms. The number of rotatable bonds is 7. The van der Waals surface area contributed by atoms with Crippen LogP contribution in [0.5, 0.6) is 0 Å². The maximum absolute atomic E-state index is 12.7. The molecule has 140 valence electrons. The zero-order valence-electron chi connectivity index (χ0n) is 14.7. The lowest BCUT2D eigenvalue weighted by Gasteiger charge is -2.14. The van der Waals surface area contributed by atoms with E-state index in [2.05, 4.69) is 10.0 Å². The van der Waals surface area contributed by atoms with Crippen molar-refractivity contribution >= 4 is 38.9 Å². The predicted molar refractivity (Wildman–Crippen MR) is 103 cm³/mol. The molecule has 2 aromatic rings. The van der Waals surface area contributed by atoms with Gasteiger partial charge in [0.05, 0.1) is 28.1 Å². The third-order valence-electron chi connectivity index (χ3n) is 3.75. The van der Waals surface area contributed by atoms with Crippen LogP contribution in [0.2, 0.25) is 5.02 Å². The van der Waals surface area contributed by atoms with E-state index in [1.165, 1.54) is 13.2 Å². The number of hydrogen-bond acceptors (Lipinski definition) is 4. The van der Waals surface area contributed by atoms with Gasteiger partial charge in [-0.05, 0) is 43.7 Å². The Morgan fingerprint density at radius 2 is 1.92 bits per heavy atom. The number of carbonyl (C=O) groups is 1. The highest BCUT2D eigenvalue weighted by Gasteiger charge is 2.19. The van der Waals surface area contributed by atoms with Crippen molar-refractivity contribution in [2.24, 2.45) is 0 Å². The summed E-state index contributed by atoms with van der Waals surface area (Å²) >= 11 is 6.02. The zero-order chi connectivity index (χ0) is 19.3. The summed E-state index contributed by atoms with van der Waals surface area (Å²) < 4.78 is 33.0. The molecule has 0 bridgehead atoms. The van der Waals surface area contributed by atoms with Gasteiger partial charge in [0.1, 0.15) is 0 Å². The molecule has 0 aliphatic heterocycles. The summed E-state index contributed by atoms with van der Waals surface area (Å²) in [5.74, 6) is -0.259. The molecule has 1 atom stereocenters. The molecule has 0 heterocycles. The van der Waals surface area contributed by atoms with Gasteiger partial charge >= 0.3 is 0 Å². The van der Waals surface area contributed by atoms with E-state index in [1.54, 1.807) is 50.2 Å². The summed E-state index contributed by atoms with van der Waals surface area (Å²) in [6, 6.07) is 11.3.